The molecule has 1 aliphatic rings. The van der Waals surface area contributed by atoms with E-state index in [1.807, 2.05) is 18.2 Å². The minimum Gasteiger partial charge on any atom is -0.486 e. The van der Waals surface area contributed by atoms with Gasteiger partial charge in [-0.3, -0.25) is 4.79 Å². The molecule has 22 heavy (non-hydrogen) atoms. The number of hydrogen-bond donors (Lipinski definition) is 1. The number of carbonyl (C=O) groups excluding carboxylic acids is 1. The molecule has 2 heterocycles. The predicted octanol–water partition coefficient (Wildman–Crippen LogP) is 2.43. The number of fused-ring (bicyclic) bond motifs is 1. The number of nitrogens with zero attached hydrogens (tertiary/aromatic N) is 1. The van der Waals surface area contributed by atoms with Crippen LogP contribution < -0.4 is 14.9 Å². The van der Waals surface area contributed by atoms with E-state index < -0.39 is 0 Å². The number of hydrazone groups is 1. The Hall–Kier alpha value is -2.76. The Balaban J connectivity index is 1.67. The topological polar surface area (TPSA) is 73.1 Å². The third-order valence-corrected chi connectivity index (χ3v) is 3.23. The Bertz CT molecular complexity index is 734. The van der Waals surface area contributed by atoms with E-state index in [0.717, 1.165) is 11.3 Å². The third-order valence-electron chi connectivity index (χ3n) is 3.23. The molecule has 0 saturated heterocycles. The zero-order valence-electron chi connectivity index (χ0n) is 12.4. The highest BCUT2D eigenvalue weighted by atomic mass is 16.6. The first-order valence-corrected chi connectivity index (χ1v) is 6.93. The Kier molecular flexibility index (Phi) is 3.82. The van der Waals surface area contributed by atoms with E-state index in [9.17, 15) is 4.79 Å². The summed E-state index contributed by atoms with van der Waals surface area (Å²) in [5, 5.41) is 3.95. The molecular weight excluding hydrogens is 284 g/mol. The highest BCUT2D eigenvalue weighted by Crippen LogP contribution is 2.30. The molecule has 0 spiro atoms. The first-order chi connectivity index (χ1) is 10.6. The van der Waals surface area contributed by atoms with Crippen LogP contribution in [0.25, 0.3) is 0 Å². The number of ether oxygens (including phenoxy) is 2. The number of rotatable bonds is 3. The summed E-state index contributed by atoms with van der Waals surface area (Å²) in [7, 11) is 0. The van der Waals surface area contributed by atoms with Gasteiger partial charge in [-0.2, -0.15) is 5.10 Å². The molecule has 0 aliphatic carbocycles. The molecule has 1 aromatic heterocycles. The molecule has 1 aromatic carbocycles. The fourth-order valence-electron chi connectivity index (χ4n) is 2.22. The van der Waals surface area contributed by atoms with Gasteiger partial charge in [-0.05, 0) is 43.7 Å². The van der Waals surface area contributed by atoms with Crippen molar-refractivity contribution in [1.82, 2.24) is 5.43 Å². The Labute approximate surface area is 127 Å². The van der Waals surface area contributed by atoms with Gasteiger partial charge in [-0.1, -0.05) is 0 Å². The summed E-state index contributed by atoms with van der Waals surface area (Å²) >= 11 is 0. The second-order valence-electron chi connectivity index (χ2n) is 4.93. The van der Waals surface area contributed by atoms with E-state index in [-0.39, 0.29) is 5.91 Å². The molecule has 0 bridgehead atoms. The standard InChI is InChI=1S/C16H16N2O4/c1-10-7-13(11(2)22-10)16(19)18-17-9-12-3-4-14-15(8-12)21-6-5-20-14/h3-4,7-9H,5-6H2,1-2H3,(H,18,19)/b17-9-. The lowest BCUT2D eigenvalue weighted by atomic mass is 10.2. The van der Waals surface area contributed by atoms with E-state index >= 15 is 0 Å². The van der Waals surface area contributed by atoms with Crippen LogP contribution in [0.5, 0.6) is 11.5 Å². The van der Waals surface area contributed by atoms with Crippen molar-refractivity contribution in [2.45, 2.75) is 13.8 Å². The van der Waals surface area contributed by atoms with Crippen LogP contribution >= 0.6 is 0 Å². The molecule has 6 nitrogen and oxygen atoms in total. The van der Waals surface area contributed by atoms with E-state index in [4.69, 9.17) is 13.9 Å². The smallest absolute Gasteiger partial charge is 0.274 e. The molecule has 114 valence electrons. The highest BCUT2D eigenvalue weighted by Gasteiger charge is 2.13. The van der Waals surface area contributed by atoms with Crippen LogP contribution in [0.1, 0.15) is 27.4 Å². The molecule has 0 radical (unpaired) electrons. The maximum absolute atomic E-state index is 12.0. The maximum Gasteiger partial charge on any atom is 0.274 e. The van der Waals surface area contributed by atoms with Gasteiger partial charge < -0.3 is 13.9 Å². The number of furan rings is 1. The van der Waals surface area contributed by atoms with Crippen LogP contribution in [0.3, 0.4) is 0 Å². The van der Waals surface area contributed by atoms with Gasteiger partial charge >= 0.3 is 0 Å². The summed E-state index contributed by atoms with van der Waals surface area (Å²) in [6, 6.07) is 7.17. The van der Waals surface area contributed by atoms with Gasteiger partial charge in [0.05, 0.1) is 11.8 Å². The van der Waals surface area contributed by atoms with Crippen molar-refractivity contribution < 1.29 is 18.7 Å². The number of nitrogens with one attached hydrogen (secondary N) is 1. The lowest BCUT2D eigenvalue weighted by Gasteiger charge is -2.18. The summed E-state index contributed by atoms with van der Waals surface area (Å²) in [6.45, 7) is 4.62. The van der Waals surface area contributed by atoms with Crippen LogP contribution in [0.2, 0.25) is 0 Å². The number of aryl methyl sites for hydroxylation is 2. The average molecular weight is 300 g/mol. The van der Waals surface area contributed by atoms with E-state index in [2.05, 4.69) is 10.5 Å². The SMILES string of the molecule is Cc1cc(C(=O)N/N=C\c2ccc3c(c2)OCCO3)c(C)o1. The zero-order valence-corrected chi connectivity index (χ0v) is 12.4. The number of amides is 1. The molecule has 0 unspecified atom stereocenters. The predicted molar refractivity (Wildman–Crippen MR) is 80.7 cm³/mol. The fraction of sp³-hybridized carbons (Fsp3) is 0.250. The highest BCUT2D eigenvalue weighted by molar-refractivity contribution is 5.95. The Morgan fingerprint density at radius 1 is 1.18 bits per heavy atom. The van der Waals surface area contributed by atoms with Crippen molar-refractivity contribution in [2.75, 3.05) is 13.2 Å². The summed E-state index contributed by atoms with van der Waals surface area (Å²) < 4.78 is 16.3. The van der Waals surface area contributed by atoms with Gasteiger partial charge in [0, 0.05) is 0 Å². The minimum absolute atomic E-state index is 0.303. The molecule has 1 N–H and O–H groups in total. The third kappa shape index (κ3) is 2.95. The van der Waals surface area contributed by atoms with E-state index in [1.165, 1.54) is 0 Å². The molecule has 6 heteroatoms. The van der Waals surface area contributed by atoms with Crippen molar-refractivity contribution in [3.8, 4) is 11.5 Å². The van der Waals surface area contributed by atoms with Crippen LogP contribution in [0.15, 0.2) is 33.8 Å². The Morgan fingerprint density at radius 2 is 1.95 bits per heavy atom. The number of benzene rings is 1. The molecule has 1 amide bonds. The van der Waals surface area contributed by atoms with Gasteiger partial charge in [0.15, 0.2) is 11.5 Å². The van der Waals surface area contributed by atoms with Crippen LogP contribution in [0.4, 0.5) is 0 Å². The molecule has 1 aliphatic heterocycles. The summed E-state index contributed by atoms with van der Waals surface area (Å²) in [6.07, 6.45) is 1.55. The van der Waals surface area contributed by atoms with Crippen LogP contribution in [0, 0.1) is 13.8 Å². The lowest BCUT2D eigenvalue weighted by molar-refractivity contribution is 0.0953. The average Bonchev–Trinajstić information content (AvgIpc) is 2.86. The fourth-order valence-corrected chi connectivity index (χ4v) is 2.22. The maximum atomic E-state index is 12.0. The van der Waals surface area contributed by atoms with Crippen molar-refractivity contribution in [2.24, 2.45) is 5.10 Å². The molecular formula is C16H16N2O4. The van der Waals surface area contributed by atoms with Gasteiger partial charge in [-0.15, -0.1) is 0 Å². The monoisotopic (exact) mass is 300 g/mol. The molecule has 3 rings (SSSR count). The summed E-state index contributed by atoms with van der Waals surface area (Å²) in [4.78, 5) is 12.0. The van der Waals surface area contributed by atoms with Crippen LogP contribution in [-0.4, -0.2) is 25.3 Å². The van der Waals surface area contributed by atoms with Crippen molar-refractivity contribution >= 4 is 12.1 Å². The van der Waals surface area contributed by atoms with Gasteiger partial charge in [0.25, 0.3) is 5.91 Å². The van der Waals surface area contributed by atoms with E-state index in [0.29, 0.717) is 36.0 Å². The molecule has 0 saturated carbocycles. The van der Waals surface area contributed by atoms with Crippen molar-refractivity contribution in [1.29, 1.82) is 0 Å². The zero-order chi connectivity index (χ0) is 15.5. The number of hydrogen-bond acceptors (Lipinski definition) is 5. The largest absolute Gasteiger partial charge is 0.486 e. The van der Waals surface area contributed by atoms with Crippen molar-refractivity contribution in [3.63, 3.8) is 0 Å². The summed E-state index contributed by atoms with van der Waals surface area (Å²) in [5.41, 5.74) is 3.77. The van der Waals surface area contributed by atoms with Gasteiger partial charge in [0.1, 0.15) is 24.7 Å². The molecule has 0 atom stereocenters. The molecule has 0 fully saturated rings. The van der Waals surface area contributed by atoms with E-state index in [1.54, 1.807) is 26.1 Å². The van der Waals surface area contributed by atoms with Crippen molar-refractivity contribution in [3.05, 3.63) is 46.9 Å². The molecule has 2 aromatic rings. The first-order valence-electron chi connectivity index (χ1n) is 6.93. The van der Waals surface area contributed by atoms with Crippen LogP contribution in [-0.2, 0) is 0 Å². The first kappa shape index (κ1) is 14.2. The second kappa shape index (κ2) is 5.93. The Morgan fingerprint density at radius 3 is 2.68 bits per heavy atom. The minimum atomic E-state index is -0.303. The van der Waals surface area contributed by atoms with Gasteiger partial charge in [-0.25, -0.2) is 5.43 Å². The number of carbonyl (C=O) groups is 1. The summed E-state index contributed by atoms with van der Waals surface area (Å²) in [5.74, 6) is 2.37. The second-order valence-corrected chi connectivity index (χ2v) is 4.93. The van der Waals surface area contributed by atoms with Gasteiger partial charge in [0.2, 0.25) is 0 Å². The lowest BCUT2D eigenvalue weighted by Crippen LogP contribution is -2.18. The normalized spacial score (nSPS) is 13.4. The quantitative estimate of drug-likeness (QED) is 0.698.